The quantitative estimate of drug-likeness (QED) is 0.814. The van der Waals surface area contributed by atoms with Crippen molar-refractivity contribution in [3.63, 3.8) is 0 Å². The number of hydrogen-bond donors (Lipinski definition) is 2. The Bertz CT molecular complexity index is 854. The van der Waals surface area contributed by atoms with E-state index in [-0.39, 0.29) is 11.4 Å². The molecule has 0 radical (unpaired) electrons. The summed E-state index contributed by atoms with van der Waals surface area (Å²) in [6.45, 7) is 1.62. The maximum absolute atomic E-state index is 14.1. The minimum absolute atomic E-state index is 0.0662. The third-order valence-electron chi connectivity index (χ3n) is 2.78. The predicted octanol–water partition coefficient (Wildman–Crippen LogP) is 0.648. The zero-order valence-corrected chi connectivity index (χ0v) is 11.4. The molecule has 0 aliphatic rings. The molecule has 0 bridgehead atoms. The van der Waals surface area contributed by atoms with Crippen LogP contribution in [0.3, 0.4) is 0 Å². The largest absolute Gasteiger partial charge is 0.328 e. The number of halogens is 1. The molecule has 20 heavy (non-hydrogen) atoms. The van der Waals surface area contributed by atoms with Crippen LogP contribution in [0.15, 0.2) is 45.0 Å². The van der Waals surface area contributed by atoms with Gasteiger partial charge in [0.15, 0.2) is 10.5 Å². The average Bonchev–Trinajstić information content (AvgIpc) is 2.44. The molecule has 0 spiro atoms. The van der Waals surface area contributed by atoms with Gasteiger partial charge in [0.2, 0.25) is 15.7 Å². The second-order valence-electron chi connectivity index (χ2n) is 3.98. The summed E-state index contributed by atoms with van der Waals surface area (Å²) >= 11 is 0. The molecule has 6 nitrogen and oxygen atoms in total. The molecular formula is C12H12FN3O3S. The Hall–Kier alpha value is -2.22. The van der Waals surface area contributed by atoms with Crippen LogP contribution in [-0.4, -0.2) is 18.0 Å². The third-order valence-corrected chi connectivity index (χ3v) is 4.49. The van der Waals surface area contributed by atoms with Crippen LogP contribution in [0, 0.1) is 11.2 Å². The van der Waals surface area contributed by atoms with Crippen molar-refractivity contribution >= 4 is 9.84 Å². The zero-order chi connectivity index (χ0) is 14.9. The molecule has 2 rings (SSSR count). The van der Waals surface area contributed by atoms with Crippen molar-refractivity contribution < 1.29 is 12.8 Å². The summed E-state index contributed by atoms with van der Waals surface area (Å²) in [7, 11) is -4.20. The van der Waals surface area contributed by atoms with Gasteiger partial charge in [-0.2, -0.15) is 4.39 Å². The highest BCUT2D eigenvalue weighted by atomic mass is 32.2. The van der Waals surface area contributed by atoms with Gasteiger partial charge >= 0.3 is 5.69 Å². The number of H-pyrrole nitrogens is 1. The maximum Gasteiger partial charge on any atom is 0.328 e. The molecule has 0 fully saturated rings. The summed E-state index contributed by atoms with van der Waals surface area (Å²) < 4.78 is 39.4. The van der Waals surface area contributed by atoms with Gasteiger partial charge in [-0.15, -0.1) is 0 Å². The lowest BCUT2D eigenvalue weighted by atomic mass is 10.4. The van der Waals surface area contributed by atoms with Gasteiger partial charge in [0.25, 0.3) is 0 Å². The van der Waals surface area contributed by atoms with Gasteiger partial charge < -0.3 is 0 Å². The normalized spacial score (nSPS) is 11.5. The first kappa shape index (κ1) is 14.2. The Morgan fingerprint density at radius 3 is 2.45 bits per heavy atom. The molecule has 0 atom stereocenters. The van der Waals surface area contributed by atoms with Gasteiger partial charge in [0.05, 0.1) is 4.90 Å². The van der Waals surface area contributed by atoms with Gasteiger partial charge in [0, 0.05) is 6.54 Å². The van der Waals surface area contributed by atoms with Crippen LogP contribution in [-0.2, 0) is 16.4 Å². The average molecular weight is 297 g/mol. The molecule has 0 saturated carbocycles. The van der Waals surface area contributed by atoms with Crippen LogP contribution in [0.2, 0.25) is 0 Å². The van der Waals surface area contributed by atoms with Crippen molar-refractivity contribution in [1.82, 2.24) is 9.55 Å². The number of hydrogen-bond acceptors (Lipinski definition) is 4. The summed E-state index contributed by atoms with van der Waals surface area (Å²) in [5.74, 6) is -1.27. The summed E-state index contributed by atoms with van der Waals surface area (Å²) in [4.78, 5) is 13.5. The van der Waals surface area contributed by atoms with E-state index < -0.39 is 31.9 Å². The van der Waals surface area contributed by atoms with E-state index in [0.717, 1.165) is 4.57 Å². The molecule has 0 aliphatic heterocycles. The van der Waals surface area contributed by atoms with Crippen molar-refractivity contribution in [1.29, 1.82) is 5.41 Å². The van der Waals surface area contributed by atoms with Crippen molar-refractivity contribution in [2.45, 2.75) is 23.4 Å². The standard InChI is InChI=1S/C12H12FN3O3S/c1-2-16-10(14)9(13)11(15-12(16)17)20(18,19)8-6-4-3-5-7-8/h3-7,14H,2H2,1H3,(H,15,17). The molecule has 2 aromatic rings. The predicted molar refractivity (Wildman–Crippen MR) is 68.4 cm³/mol. The van der Waals surface area contributed by atoms with E-state index >= 15 is 0 Å². The monoisotopic (exact) mass is 297 g/mol. The number of sulfone groups is 1. The molecule has 0 unspecified atom stereocenters. The number of nitrogens with one attached hydrogen (secondary N) is 2. The van der Waals surface area contributed by atoms with Crippen molar-refractivity contribution in [3.05, 3.63) is 52.1 Å². The van der Waals surface area contributed by atoms with Crippen LogP contribution in [0.5, 0.6) is 0 Å². The Balaban J connectivity index is 2.79. The second kappa shape index (κ2) is 5.04. The number of aromatic amines is 1. The fourth-order valence-electron chi connectivity index (χ4n) is 1.75. The van der Waals surface area contributed by atoms with E-state index in [4.69, 9.17) is 5.41 Å². The zero-order valence-electron chi connectivity index (χ0n) is 10.6. The number of aromatic nitrogens is 2. The van der Waals surface area contributed by atoms with Gasteiger partial charge in [-0.1, -0.05) is 18.2 Å². The van der Waals surface area contributed by atoms with Gasteiger partial charge in [-0.3, -0.25) is 15.0 Å². The fourth-order valence-corrected chi connectivity index (χ4v) is 3.06. The molecule has 0 saturated heterocycles. The van der Waals surface area contributed by atoms with Crippen LogP contribution >= 0.6 is 0 Å². The van der Waals surface area contributed by atoms with E-state index in [1.165, 1.54) is 24.3 Å². The summed E-state index contributed by atoms with van der Waals surface area (Å²) in [6.07, 6.45) is 0. The number of nitrogens with zero attached hydrogens (tertiary/aromatic N) is 1. The molecular weight excluding hydrogens is 285 g/mol. The smallest absolute Gasteiger partial charge is 0.295 e. The summed E-state index contributed by atoms with van der Waals surface area (Å²) in [6, 6.07) is 7.17. The lowest BCUT2D eigenvalue weighted by Gasteiger charge is -2.08. The minimum Gasteiger partial charge on any atom is -0.295 e. The van der Waals surface area contributed by atoms with Crippen LogP contribution < -0.4 is 11.2 Å². The van der Waals surface area contributed by atoms with Crippen LogP contribution in [0.4, 0.5) is 4.39 Å². The van der Waals surface area contributed by atoms with Gasteiger partial charge in [-0.25, -0.2) is 13.2 Å². The number of rotatable bonds is 3. The topological polar surface area (TPSA) is 95.8 Å². The van der Waals surface area contributed by atoms with Gasteiger partial charge in [-0.05, 0) is 19.1 Å². The first-order chi connectivity index (χ1) is 9.39. The Morgan fingerprint density at radius 1 is 1.30 bits per heavy atom. The second-order valence-corrected chi connectivity index (χ2v) is 5.87. The van der Waals surface area contributed by atoms with E-state index in [1.54, 1.807) is 13.0 Å². The summed E-state index contributed by atoms with van der Waals surface area (Å²) in [5.41, 5.74) is -1.60. The highest BCUT2D eigenvalue weighted by Gasteiger charge is 2.25. The van der Waals surface area contributed by atoms with E-state index in [0.29, 0.717) is 0 Å². The van der Waals surface area contributed by atoms with E-state index in [2.05, 4.69) is 0 Å². The number of benzene rings is 1. The molecule has 2 N–H and O–H groups in total. The minimum atomic E-state index is -4.20. The fraction of sp³-hybridized carbons (Fsp3) is 0.167. The molecule has 106 valence electrons. The van der Waals surface area contributed by atoms with E-state index in [1.807, 2.05) is 4.98 Å². The van der Waals surface area contributed by atoms with Crippen LogP contribution in [0.1, 0.15) is 6.92 Å². The molecule has 0 amide bonds. The Kier molecular flexibility index (Phi) is 3.58. The Morgan fingerprint density at radius 2 is 1.90 bits per heavy atom. The summed E-state index contributed by atoms with van der Waals surface area (Å²) in [5, 5.41) is 6.64. The highest BCUT2D eigenvalue weighted by Crippen LogP contribution is 2.18. The molecule has 1 aromatic carbocycles. The third kappa shape index (κ3) is 2.18. The maximum atomic E-state index is 14.1. The van der Waals surface area contributed by atoms with Crippen LogP contribution in [0.25, 0.3) is 0 Å². The molecule has 0 aliphatic carbocycles. The van der Waals surface area contributed by atoms with Gasteiger partial charge in [0.1, 0.15) is 0 Å². The first-order valence-corrected chi connectivity index (χ1v) is 7.25. The van der Waals surface area contributed by atoms with E-state index in [9.17, 15) is 17.6 Å². The van der Waals surface area contributed by atoms with Crippen molar-refractivity contribution in [3.8, 4) is 0 Å². The molecule has 1 heterocycles. The van der Waals surface area contributed by atoms with Crippen molar-refractivity contribution in [2.75, 3.05) is 0 Å². The molecule has 8 heteroatoms. The molecule has 1 aromatic heterocycles. The highest BCUT2D eigenvalue weighted by molar-refractivity contribution is 7.91. The lowest BCUT2D eigenvalue weighted by Crippen LogP contribution is -2.38. The first-order valence-electron chi connectivity index (χ1n) is 5.77. The lowest BCUT2D eigenvalue weighted by molar-refractivity contribution is 0.491. The SMILES string of the molecule is CCn1c(=O)[nH]c(S(=O)(=O)c2ccccc2)c(F)c1=N. The van der Waals surface area contributed by atoms with Crippen molar-refractivity contribution in [2.24, 2.45) is 0 Å². The Labute approximate surface area is 114 Å².